The number of fused-ring (bicyclic) bond motifs is 5. The number of ether oxygens (including phenoxy) is 1. The summed E-state index contributed by atoms with van der Waals surface area (Å²) in [7, 11) is 0. The smallest absolute Gasteiger partial charge is 0.306 e. The van der Waals surface area contributed by atoms with E-state index in [1.165, 1.54) is 6.08 Å². The van der Waals surface area contributed by atoms with Crippen molar-refractivity contribution >= 4 is 17.5 Å². The zero-order valence-electron chi connectivity index (χ0n) is 21.3. The predicted molar refractivity (Wildman–Crippen MR) is 128 cm³/mol. The Bertz CT molecular complexity index is 970. The molecule has 0 spiro atoms. The summed E-state index contributed by atoms with van der Waals surface area (Å²) in [6, 6.07) is 0. The first kappa shape index (κ1) is 26.2. The fourth-order valence-electron chi connectivity index (χ4n) is 8.46. The van der Waals surface area contributed by atoms with Crippen LogP contribution in [0.2, 0.25) is 0 Å². The summed E-state index contributed by atoms with van der Waals surface area (Å²) in [5, 5.41) is 21.5. The molecule has 2 N–H and O–H groups in total. The number of hydrogen-bond donors (Lipinski definition) is 2. The summed E-state index contributed by atoms with van der Waals surface area (Å²) in [4.78, 5) is 38.3. The molecule has 0 aromatic carbocycles. The standard InChI is InChI=1S/C28H39FO6/c1-5-6-7-8-23(34)35-28(22(33)15-30)16(2)13-19-17-9-10-18-25(29)20(31)11-12-26(18,3)24(17)21(32)14-27(19,28)4/h11-12,16-17,19,21,24,30,32H,5-10,13-15H2,1-4H3/t16-,17-,19-,21-,24+,26-,27-,28+/m0/s1. The SMILES string of the molecule is CCCCCC(=O)O[C@@]1(C(=O)CO)[C@@H](C)C[C@H]2[C@@H]3CCC4=C(F)C(=O)C=C[C@]4(C)[C@H]3[C@@H](O)C[C@@]21C. The number of halogens is 1. The van der Waals surface area contributed by atoms with E-state index in [0.29, 0.717) is 31.3 Å². The number of ketones is 2. The normalized spacial score (nSPS) is 42.4. The van der Waals surface area contributed by atoms with Crippen molar-refractivity contribution in [2.45, 2.75) is 90.8 Å². The van der Waals surface area contributed by atoms with Crippen LogP contribution in [0, 0.1) is 34.5 Å². The molecule has 0 aliphatic heterocycles. The van der Waals surface area contributed by atoms with E-state index in [2.05, 4.69) is 0 Å². The Balaban J connectivity index is 1.73. The molecule has 3 saturated carbocycles. The second-order valence-electron chi connectivity index (χ2n) is 11.7. The largest absolute Gasteiger partial charge is 0.450 e. The molecule has 3 fully saturated rings. The number of hydrogen-bond acceptors (Lipinski definition) is 6. The maximum absolute atomic E-state index is 14.9. The molecule has 0 unspecified atom stereocenters. The second-order valence-corrected chi connectivity index (χ2v) is 11.7. The van der Waals surface area contributed by atoms with Gasteiger partial charge in [-0.3, -0.25) is 14.4 Å². The molecule has 0 aromatic rings. The van der Waals surface area contributed by atoms with Crippen LogP contribution in [0.1, 0.15) is 79.1 Å². The molecule has 0 bridgehead atoms. The van der Waals surface area contributed by atoms with Gasteiger partial charge >= 0.3 is 5.97 Å². The summed E-state index contributed by atoms with van der Waals surface area (Å²) in [6.07, 6.45) is 6.65. The maximum Gasteiger partial charge on any atom is 0.306 e. The number of aliphatic hydroxyl groups excluding tert-OH is 2. The average molecular weight is 491 g/mol. The van der Waals surface area contributed by atoms with Crippen molar-refractivity contribution in [3.63, 3.8) is 0 Å². The lowest BCUT2D eigenvalue weighted by molar-refractivity contribution is -0.205. The first-order valence-electron chi connectivity index (χ1n) is 13.1. The van der Waals surface area contributed by atoms with Gasteiger partial charge in [-0.05, 0) is 55.6 Å². The fourth-order valence-corrected chi connectivity index (χ4v) is 8.46. The van der Waals surface area contributed by atoms with Gasteiger partial charge in [-0.2, -0.15) is 0 Å². The molecule has 0 saturated heterocycles. The minimum Gasteiger partial charge on any atom is -0.450 e. The first-order chi connectivity index (χ1) is 16.5. The Morgan fingerprint density at radius 1 is 1.26 bits per heavy atom. The van der Waals surface area contributed by atoms with Crippen LogP contribution >= 0.6 is 0 Å². The van der Waals surface area contributed by atoms with Gasteiger partial charge in [0.15, 0.2) is 11.4 Å². The Kier molecular flexibility index (Phi) is 6.90. The van der Waals surface area contributed by atoms with Gasteiger partial charge < -0.3 is 14.9 Å². The number of carbonyl (C=O) groups excluding carboxylic acids is 3. The van der Waals surface area contributed by atoms with Gasteiger partial charge in [0.2, 0.25) is 11.6 Å². The number of unbranched alkanes of at least 4 members (excludes halogenated alkanes) is 2. The van der Waals surface area contributed by atoms with E-state index in [-0.39, 0.29) is 36.5 Å². The maximum atomic E-state index is 14.9. The molecule has 6 nitrogen and oxygen atoms in total. The third-order valence-electron chi connectivity index (χ3n) is 9.94. The molecule has 0 radical (unpaired) electrons. The van der Waals surface area contributed by atoms with Crippen LogP contribution in [0.25, 0.3) is 0 Å². The highest BCUT2D eigenvalue weighted by Gasteiger charge is 2.72. The van der Waals surface area contributed by atoms with E-state index in [0.717, 1.165) is 12.8 Å². The first-order valence-corrected chi connectivity index (χ1v) is 13.1. The van der Waals surface area contributed by atoms with Crippen LogP contribution in [0.3, 0.4) is 0 Å². The quantitative estimate of drug-likeness (QED) is 0.409. The average Bonchev–Trinajstić information content (AvgIpc) is 3.03. The summed E-state index contributed by atoms with van der Waals surface area (Å²) in [6.45, 7) is 7.02. The molecular weight excluding hydrogens is 451 g/mol. The fraction of sp³-hybridized carbons (Fsp3) is 0.750. The van der Waals surface area contributed by atoms with Crippen molar-refractivity contribution in [2.24, 2.45) is 34.5 Å². The topological polar surface area (TPSA) is 101 Å². The Morgan fingerprint density at radius 3 is 2.63 bits per heavy atom. The van der Waals surface area contributed by atoms with E-state index in [4.69, 9.17) is 4.74 Å². The zero-order chi connectivity index (χ0) is 25.8. The van der Waals surface area contributed by atoms with Crippen LogP contribution < -0.4 is 0 Å². The lowest BCUT2D eigenvalue weighted by Crippen LogP contribution is -2.64. The summed E-state index contributed by atoms with van der Waals surface area (Å²) < 4.78 is 20.9. The minimum atomic E-state index is -1.51. The minimum absolute atomic E-state index is 0.0437. The van der Waals surface area contributed by atoms with Gasteiger partial charge in [0.05, 0.1) is 6.10 Å². The second kappa shape index (κ2) is 9.22. The van der Waals surface area contributed by atoms with E-state index in [1.54, 1.807) is 6.08 Å². The molecule has 35 heavy (non-hydrogen) atoms. The number of allylic oxidation sites excluding steroid dienone is 4. The van der Waals surface area contributed by atoms with Crippen LogP contribution in [-0.2, 0) is 19.1 Å². The van der Waals surface area contributed by atoms with E-state index in [9.17, 15) is 29.0 Å². The highest BCUT2D eigenvalue weighted by Crippen LogP contribution is 2.69. The third-order valence-corrected chi connectivity index (χ3v) is 9.94. The lowest BCUT2D eigenvalue weighted by Gasteiger charge is -2.60. The molecule has 4 aliphatic rings. The highest BCUT2D eigenvalue weighted by atomic mass is 19.1. The monoisotopic (exact) mass is 490 g/mol. The van der Waals surface area contributed by atoms with Gasteiger partial charge in [0, 0.05) is 29.1 Å². The van der Waals surface area contributed by atoms with Crippen LogP contribution in [0.4, 0.5) is 4.39 Å². The van der Waals surface area contributed by atoms with Gasteiger partial charge in [-0.15, -0.1) is 0 Å². The lowest BCUT2D eigenvalue weighted by atomic mass is 9.46. The Hall–Kier alpha value is -1.86. The van der Waals surface area contributed by atoms with Crippen molar-refractivity contribution in [1.82, 2.24) is 0 Å². The molecule has 0 amide bonds. The summed E-state index contributed by atoms with van der Waals surface area (Å²) in [5.41, 5.74) is -2.70. The van der Waals surface area contributed by atoms with E-state index >= 15 is 0 Å². The highest BCUT2D eigenvalue weighted by molar-refractivity contribution is 6.04. The molecular formula is C28H39FO6. The van der Waals surface area contributed by atoms with E-state index < -0.39 is 52.5 Å². The van der Waals surface area contributed by atoms with Gasteiger partial charge in [0.1, 0.15) is 6.61 Å². The number of Topliss-reactive ketones (excluding diaryl/α,β-unsaturated/α-hetero) is 1. The van der Waals surface area contributed by atoms with E-state index in [1.807, 2.05) is 27.7 Å². The summed E-state index contributed by atoms with van der Waals surface area (Å²) in [5.74, 6) is -3.03. The van der Waals surface area contributed by atoms with Gasteiger partial charge in [-0.25, -0.2) is 4.39 Å². The molecule has 4 rings (SSSR count). The molecule has 7 heteroatoms. The Labute approximate surface area is 207 Å². The van der Waals surface area contributed by atoms with Crippen molar-refractivity contribution in [3.05, 3.63) is 23.6 Å². The van der Waals surface area contributed by atoms with Gasteiger partial charge in [0.25, 0.3) is 0 Å². The molecule has 194 valence electrons. The van der Waals surface area contributed by atoms with Crippen LogP contribution in [0.5, 0.6) is 0 Å². The van der Waals surface area contributed by atoms with Crippen molar-refractivity contribution in [1.29, 1.82) is 0 Å². The molecule has 0 heterocycles. The number of esters is 1. The molecule has 4 aliphatic carbocycles. The van der Waals surface area contributed by atoms with Crippen LogP contribution in [-0.4, -0.2) is 46.1 Å². The summed E-state index contributed by atoms with van der Waals surface area (Å²) >= 11 is 0. The number of aliphatic hydroxyl groups is 2. The number of carbonyl (C=O) groups is 3. The number of rotatable bonds is 7. The molecule has 0 aromatic heterocycles. The van der Waals surface area contributed by atoms with Gasteiger partial charge in [-0.1, -0.05) is 46.6 Å². The van der Waals surface area contributed by atoms with Crippen molar-refractivity contribution in [3.8, 4) is 0 Å². The third kappa shape index (κ3) is 3.67. The van der Waals surface area contributed by atoms with Crippen molar-refractivity contribution < 1.29 is 33.7 Å². The zero-order valence-corrected chi connectivity index (χ0v) is 21.3. The molecule has 8 atom stereocenters. The Morgan fingerprint density at radius 2 is 1.97 bits per heavy atom. The van der Waals surface area contributed by atoms with Crippen LogP contribution in [0.15, 0.2) is 23.6 Å². The van der Waals surface area contributed by atoms with Crippen molar-refractivity contribution in [2.75, 3.05) is 6.61 Å². The predicted octanol–water partition coefficient (Wildman–Crippen LogP) is 4.23.